The van der Waals surface area contributed by atoms with Gasteiger partial charge in [-0.05, 0) is 42.7 Å². The molecule has 2 aromatic rings. The summed E-state index contributed by atoms with van der Waals surface area (Å²) in [6, 6.07) is 13.0. The maximum atomic E-state index is 14.3. The average molecular weight is 495 g/mol. The molecule has 0 aromatic heterocycles. The number of amides is 2. The molecule has 5 rings (SSSR count). The molecule has 3 saturated heterocycles. The monoisotopic (exact) mass is 494 g/mol. The predicted molar refractivity (Wildman–Crippen MR) is 136 cm³/mol. The average Bonchev–Trinajstić information content (AvgIpc) is 3.50. The number of ether oxygens (including phenoxy) is 1. The lowest BCUT2D eigenvalue weighted by Gasteiger charge is -2.37. The number of carbonyl (C=O) groups is 3. The van der Waals surface area contributed by atoms with E-state index < -0.39 is 22.6 Å². The van der Waals surface area contributed by atoms with Gasteiger partial charge < -0.3 is 19.6 Å². The van der Waals surface area contributed by atoms with E-state index in [2.05, 4.69) is 6.58 Å². The van der Waals surface area contributed by atoms with E-state index in [1.807, 2.05) is 42.5 Å². The predicted octanol–water partition coefficient (Wildman–Crippen LogP) is 3.01. The number of anilines is 1. The molecule has 2 bridgehead atoms. The van der Waals surface area contributed by atoms with Gasteiger partial charge in [0.2, 0.25) is 5.91 Å². The van der Waals surface area contributed by atoms with Gasteiger partial charge in [-0.3, -0.25) is 14.4 Å². The molecule has 3 aliphatic heterocycles. The van der Waals surface area contributed by atoms with Crippen LogP contribution in [0.3, 0.4) is 0 Å². The number of hydrogen-bond donors (Lipinski definition) is 1. The number of hydrogen-bond acceptors (Lipinski definition) is 6. The number of thioether (sulfide) groups is 1. The molecule has 0 saturated carbocycles. The first-order valence-corrected chi connectivity index (χ1v) is 13.0. The van der Waals surface area contributed by atoms with Gasteiger partial charge in [0, 0.05) is 24.0 Å². The minimum Gasteiger partial charge on any atom is -0.466 e. The van der Waals surface area contributed by atoms with Crippen molar-refractivity contribution in [1.82, 2.24) is 4.90 Å². The summed E-state index contributed by atoms with van der Waals surface area (Å²) in [5.41, 5.74) is 0.726. The van der Waals surface area contributed by atoms with Gasteiger partial charge >= 0.3 is 5.97 Å². The first-order chi connectivity index (χ1) is 17.0. The van der Waals surface area contributed by atoms with Crippen LogP contribution < -0.4 is 4.90 Å². The highest BCUT2D eigenvalue weighted by molar-refractivity contribution is 8.02. The fourth-order valence-electron chi connectivity index (χ4n) is 6.23. The molecule has 0 radical (unpaired) electrons. The van der Waals surface area contributed by atoms with Crippen LogP contribution in [0.1, 0.15) is 19.8 Å². The van der Waals surface area contributed by atoms with E-state index in [4.69, 9.17) is 4.74 Å². The molecule has 2 aromatic carbocycles. The fraction of sp³-hybridized carbons (Fsp3) is 0.444. The lowest BCUT2D eigenvalue weighted by Crippen LogP contribution is -2.55. The highest BCUT2D eigenvalue weighted by Crippen LogP contribution is 2.66. The second-order valence-electron chi connectivity index (χ2n) is 9.33. The van der Waals surface area contributed by atoms with Crippen molar-refractivity contribution < 1.29 is 24.2 Å². The lowest BCUT2D eigenvalue weighted by molar-refractivity contribution is -0.153. The number of β-amino-alcohol motifs (C(OH)–C–C–N with tert-alkyl or cyclic N) is 1. The topological polar surface area (TPSA) is 87.2 Å². The third-order valence-corrected chi connectivity index (χ3v) is 9.51. The molecule has 8 heteroatoms. The molecular weight excluding hydrogens is 464 g/mol. The van der Waals surface area contributed by atoms with E-state index in [0.29, 0.717) is 6.42 Å². The maximum Gasteiger partial charge on any atom is 0.310 e. The number of aliphatic hydroxyl groups excluding tert-OH is 1. The molecule has 184 valence electrons. The van der Waals surface area contributed by atoms with Crippen molar-refractivity contribution in [3.8, 4) is 0 Å². The van der Waals surface area contributed by atoms with Crippen molar-refractivity contribution in [2.75, 3.05) is 31.2 Å². The molecule has 1 N–H and O–H groups in total. The van der Waals surface area contributed by atoms with Crippen molar-refractivity contribution in [3.05, 3.63) is 55.1 Å². The molecule has 1 spiro atoms. The normalized spacial score (nSPS) is 28.9. The van der Waals surface area contributed by atoms with Crippen LogP contribution in [-0.4, -0.2) is 70.1 Å². The van der Waals surface area contributed by atoms with E-state index in [-0.39, 0.29) is 49.3 Å². The summed E-state index contributed by atoms with van der Waals surface area (Å²) in [7, 11) is 0. The summed E-state index contributed by atoms with van der Waals surface area (Å²) in [5.74, 6) is -1.98. The SMILES string of the molecule is C=CCN(C(=O)C1N(CCO)C(=O)[C@@H]2[C@@H](C(=O)OCC)[C@H]3CCC12S3)c1ccc2ccccc2c1. The molecule has 5 atom stereocenters. The first kappa shape index (κ1) is 23.9. The lowest BCUT2D eigenvalue weighted by atomic mass is 9.71. The number of carbonyl (C=O) groups excluding carboxylic acids is 3. The summed E-state index contributed by atoms with van der Waals surface area (Å²) in [5, 5.41) is 11.8. The molecule has 3 fully saturated rings. The fourth-order valence-corrected chi connectivity index (χ4v) is 8.43. The Labute approximate surface area is 209 Å². The largest absolute Gasteiger partial charge is 0.466 e. The van der Waals surface area contributed by atoms with Crippen molar-refractivity contribution in [2.45, 2.75) is 35.8 Å². The number of rotatable bonds is 8. The number of fused-ring (bicyclic) bond motifs is 2. The zero-order chi connectivity index (χ0) is 24.7. The van der Waals surface area contributed by atoms with E-state index in [1.165, 1.54) is 4.90 Å². The highest BCUT2D eigenvalue weighted by atomic mass is 32.2. The van der Waals surface area contributed by atoms with Crippen LogP contribution in [-0.2, 0) is 19.1 Å². The van der Waals surface area contributed by atoms with E-state index in [0.717, 1.165) is 22.9 Å². The van der Waals surface area contributed by atoms with Gasteiger partial charge in [0.25, 0.3) is 5.91 Å². The number of nitrogens with zero attached hydrogens (tertiary/aromatic N) is 2. The van der Waals surface area contributed by atoms with Crippen LogP contribution in [0, 0.1) is 11.8 Å². The Morgan fingerprint density at radius 2 is 2.06 bits per heavy atom. The van der Waals surface area contributed by atoms with Gasteiger partial charge in [-0.2, -0.15) is 0 Å². The van der Waals surface area contributed by atoms with E-state index >= 15 is 0 Å². The Morgan fingerprint density at radius 3 is 2.77 bits per heavy atom. The zero-order valence-electron chi connectivity index (χ0n) is 19.8. The van der Waals surface area contributed by atoms with Crippen LogP contribution >= 0.6 is 11.8 Å². The van der Waals surface area contributed by atoms with Crippen LogP contribution in [0.2, 0.25) is 0 Å². The summed E-state index contributed by atoms with van der Waals surface area (Å²) in [4.78, 5) is 44.0. The molecule has 35 heavy (non-hydrogen) atoms. The van der Waals surface area contributed by atoms with Gasteiger partial charge in [-0.15, -0.1) is 18.3 Å². The maximum absolute atomic E-state index is 14.3. The van der Waals surface area contributed by atoms with Crippen LogP contribution in [0.4, 0.5) is 5.69 Å². The molecule has 0 aliphatic carbocycles. The quantitative estimate of drug-likeness (QED) is 0.449. The smallest absolute Gasteiger partial charge is 0.310 e. The number of benzene rings is 2. The second-order valence-corrected chi connectivity index (χ2v) is 10.9. The molecule has 2 unspecified atom stereocenters. The zero-order valence-corrected chi connectivity index (χ0v) is 20.6. The van der Waals surface area contributed by atoms with Crippen LogP contribution in [0.25, 0.3) is 10.8 Å². The van der Waals surface area contributed by atoms with Gasteiger partial charge in [-0.25, -0.2) is 0 Å². The Bertz CT molecular complexity index is 1190. The molecule has 3 heterocycles. The Kier molecular flexibility index (Phi) is 6.36. The van der Waals surface area contributed by atoms with Gasteiger partial charge in [-0.1, -0.05) is 36.4 Å². The number of likely N-dealkylation sites (tertiary alicyclic amines) is 1. The van der Waals surface area contributed by atoms with E-state index in [9.17, 15) is 19.5 Å². The van der Waals surface area contributed by atoms with Gasteiger partial charge in [0.1, 0.15) is 6.04 Å². The molecule has 3 aliphatic rings. The summed E-state index contributed by atoms with van der Waals surface area (Å²) < 4.78 is 4.63. The van der Waals surface area contributed by atoms with Crippen molar-refractivity contribution in [2.24, 2.45) is 11.8 Å². The minimum atomic E-state index is -0.770. The molecule has 2 amide bonds. The molecule has 7 nitrogen and oxygen atoms in total. The molecular formula is C27H30N2O5S. The minimum absolute atomic E-state index is 0.0388. The first-order valence-electron chi connectivity index (χ1n) is 12.1. The number of aliphatic hydroxyl groups is 1. The third-order valence-electron chi connectivity index (χ3n) is 7.56. The van der Waals surface area contributed by atoms with Crippen molar-refractivity contribution in [3.63, 3.8) is 0 Å². The van der Waals surface area contributed by atoms with Gasteiger partial charge in [0.15, 0.2) is 0 Å². The van der Waals surface area contributed by atoms with Crippen molar-refractivity contribution >= 4 is 46.0 Å². The van der Waals surface area contributed by atoms with Gasteiger partial charge in [0.05, 0.1) is 29.8 Å². The highest BCUT2D eigenvalue weighted by Gasteiger charge is 2.74. The Morgan fingerprint density at radius 1 is 1.29 bits per heavy atom. The summed E-state index contributed by atoms with van der Waals surface area (Å²) in [6.07, 6.45) is 3.11. The van der Waals surface area contributed by atoms with Crippen LogP contribution in [0.5, 0.6) is 0 Å². The van der Waals surface area contributed by atoms with Crippen molar-refractivity contribution in [1.29, 1.82) is 0 Å². The van der Waals surface area contributed by atoms with Crippen LogP contribution in [0.15, 0.2) is 55.1 Å². The summed E-state index contributed by atoms with van der Waals surface area (Å²) in [6.45, 7) is 5.93. The summed E-state index contributed by atoms with van der Waals surface area (Å²) >= 11 is 1.60. The van der Waals surface area contributed by atoms with E-state index in [1.54, 1.807) is 29.7 Å². The third kappa shape index (κ3) is 3.65. The standard InChI is InChI=1S/C27H30N2O5S/c1-3-13-28(19-10-9-17-7-5-6-8-18(17)16-19)25(32)23-27-12-11-20(35-27)21(26(33)34-4-2)22(27)24(31)29(23)14-15-30/h3,5-10,16,20-23,30H,1,4,11-15H2,2H3/t20-,21+,22+,23?,27?/m1/s1. The number of esters is 1. The Hall–Kier alpha value is -2.84. The second kappa shape index (κ2) is 9.32. The Balaban J connectivity index is 1.56.